The Balaban J connectivity index is 1.57. The summed E-state index contributed by atoms with van der Waals surface area (Å²) in [6.07, 6.45) is 0.722. The third-order valence-corrected chi connectivity index (χ3v) is 7.34. The number of hydrogen-bond acceptors (Lipinski definition) is 8. The zero-order chi connectivity index (χ0) is 24.2. The summed E-state index contributed by atoms with van der Waals surface area (Å²) in [5.41, 5.74) is 0. The summed E-state index contributed by atoms with van der Waals surface area (Å²) in [7, 11) is 0.712. The van der Waals surface area contributed by atoms with Crippen LogP contribution in [-0.4, -0.2) is 75.5 Å². The third-order valence-electron chi connectivity index (χ3n) is 5.45. The molecule has 2 heterocycles. The molecule has 2 amide bonds. The molecular formula is C21H28N4O7S. The molecule has 33 heavy (non-hydrogen) atoms. The number of rotatable bonds is 8. The number of likely N-dealkylation sites (N-methyl/N-ethyl adjacent to an activating group) is 1. The highest BCUT2D eigenvalue weighted by Crippen LogP contribution is 2.32. The predicted octanol–water partition coefficient (Wildman–Crippen LogP) is 1.50. The van der Waals surface area contributed by atoms with Crippen molar-refractivity contribution in [3.05, 3.63) is 30.0 Å². The van der Waals surface area contributed by atoms with Gasteiger partial charge in [-0.15, -0.1) is 0 Å². The number of nitrogens with zero attached hydrogens (tertiary/aromatic N) is 3. The van der Waals surface area contributed by atoms with E-state index in [-0.39, 0.29) is 42.2 Å². The molecule has 1 fully saturated rings. The Morgan fingerprint density at radius 3 is 2.42 bits per heavy atom. The molecule has 0 radical (unpaired) electrons. The van der Waals surface area contributed by atoms with E-state index in [2.05, 4.69) is 10.5 Å². The van der Waals surface area contributed by atoms with Gasteiger partial charge < -0.3 is 24.2 Å². The molecule has 0 unspecified atom stereocenters. The molecule has 0 atom stereocenters. The zero-order valence-electron chi connectivity index (χ0n) is 19.0. The normalized spacial score (nSPS) is 15.2. The SMILES string of the molecule is COc1ccc(S(=O)(=O)N2CCC(C(=O)N(C)CC(=O)Nc3cc(C)on3)CC2)cc1OC. The maximum Gasteiger partial charge on any atom is 0.245 e. The van der Waals surface area contributed by atoms with E-state index >= 15 is 0 Å². The van der Waals surface area contributed by atoms with Crippen molar-refractivity contribution < 1.29 is 32.0 Å². The van der Waals surface area contributed by atoms with Crippen LogP contribution in [0.15, 0.2) is 33.7 Å². The van der Waals surface area contributed by atoms with Gasteiger partial charge in [-0.25, -0.2) is 8.42 Å². The molecule has 180 valence electrons. The molecule has 1 aliphatic rings. The van der Waals surface area contributed by atoms with Gasteiger partial charge in [0.25, 0.3) is 0 Å². The molecule has 1 N–H and O–H groups in total. The second-order valence-corrected chi connectivity index (χ2v) is 9.70. The fraction of sp³-hybridized carbons (Fsp3) is 0.476. The van der Waals surface area contributed by atoms with Gasteiger partial charge in [0.15, 0.2) is 17.3 Å². The van der Waals surface area contributed by atoms with Gasteiger partial charge in [-0.1, -0.05) is 5.16 Å². The lowest BCUT2D eigenvalue weighted by atomic mass is 9.97. The van der Waals surface area contributed by atoms with E-state index in [0.717, 1.165) is 0 Å². The van der Waals surface area contributed by atoms with E-state index in [4.69, 9.17) is 14.0 Å². The molecule has 2 aromatic rings. The van der Waals surface area contributed by atoms with E-state index < -0.39 is 15.9 Å². The van der Waals surface area contributed by atoms with Crippen molar-refractivity contribution in [1.29, 1.82) is 0 Å². The maximum atomic E-state index is 13.1. The quantitative estimate of drug-likeness (QED) is 0.601. The Bertz CT molecular complexity index is 1110. The number of anilines is 1. The van der Waals surface area contributed by atoms with Crippen LogP contribution in [0.1, 0.15) is 18.6 Å². The third kappa shape index (κ3) is 5.63. The van der Waals surface area contributed by atoms with E-state index in [0.29, 0.717) is 30.1 Å². The number of carbonyl (C=O) groups excluding carboxylic acids is 2. The molecule has 1 aromatic carbocycles. The standard InChI is InChI=1S/C21H28N4O7S/c1-14-11-19(23-32-14)22-20(26)13-24(2)21(27)15-7-9-25(10-8-15)33(28,29)16-5-6-17(30-3)18(12-16)31-4/h5-6,11-12,15H,7-10,13H2,1-4H3,(H,22,23,26). The molecule has 1 aromatic heterocycles. The number of ether oxygens (including phenoxy) is 2. The fourth-order valence-electron chi connectivity index (χ4n) is 3.68. The Labute approximate surface area is 192 Å². The number of piperidine rings is 1. The summed E-state index contributed by atoms with van der Waals surface area (Å²) in [4.78, 5) is 26.4. The van der Waals surface area contributed by atoms with Crippen molar-refractivity contribution in [2.24, 2.45) is 5.92 Å². The fourth-order valence-corrected chi connectivity index (χ4v) is 5.17. The lowest BCUT2D eigenvalue weighted by molar-refractivity contribution is -0.138. The second-order valence-electron chi connectivity index (χ2n) is 7.76. The lowest BCUT2D eigenvalue weighted by Gasteiger charge is -2.32. The van der Waals surface area contributed by atoms with Crippen molar-refractivity contribution in [3.63, 3.8) is 0 Å². The van der Waals surface area contributed by atoms with Crippen LogP contribution in [0.25, 0.3) is 0 Å². The number of aromatic nitrogens is 1. The summed E-state index contributed by atoms with van der Waals surface area (Å²) in [5.74, 6) is 0.638. The topological polar surface area (TPSA) is 131 Å². The largest absolute Gasteiger partial charge is 0.493 e. The predicted molar refractivity (Wildman–Crippen MR) is 119 cm³/mol. The first-order valence-electron chi connectivity index (χ1n) is 10.4. The Morgan fingerprint density at radius 1 is 1.18 bits per heavy atom. The van der Waals surface area contributed by atoms with Gasteiger partial charge >= 0.3 is 0 Å². The summed E-state index contributed by atoms with van der Waals surface area (Å²) in [6, 6.07) is 6.02. The zero-order valence-corrected chi connectivity index (χ0v) is 19.8. The molecule has 1 saturated heterocycles. The minimum atomic E-state index is -3.75. The monoisotopic (exact) mass is 480 g/mol. The van der Waals surface area contributed by atoms with Crippen molar-refractivity contribution in [2.45, 2.75) is 24.7 Å². The summed E-state index contributed by atoms with van der Waals surface area (Å²) >= 11 is 0. The van der Waals surface area contributed by atoms with Crippen molar-refractivity contribution >= 4 is 27.7 Å². The maximum absolute atomic E-state index is 13.1. The van der Waals surface area contributed by atoms with Crippen LogP contribution in [0.2, 0.25) is 0 Å². The van der Waals surface area contributed by atoms with Gasteiger partial charge in [0.2, 0.25) is 21.8 Å². The Kier molecular flexibility index (Phi) is 7.59. The van der Waals surface area contributed by atoms with Gasteiger partial charge in [-0.3, -0.25) is 9.59 Å². The molecule has 1 aliphatic heterocycles. The Hall–Kier alpha value is -3.12. The number of nitrogens with one attached hydrogen (secondary N) is 1. The van der Waals surface area contributed by atoms with E-state index in [1.54, 1.807) is 26.1 Å². The van der Waals surface area contributed by atoms with Crippen LogP contribution >= 0.6 is 0 Å². The van der Waals surface area contributed by atoms with Crippen LogP contribution in [0.3, 0.4) is 0 Å². The summed E-state index contributed by atoms with van der Waals surface area (Å²) < 4.78 is 42.7. The molecule has 0 aliphatic carbocycles. The summed E-state index contributed by atoms with van der Waals surface area (Å²) in [6.45, 7) is 1.96. The molecule has 3 rings (SSSR count). The lowest BCUT2D eigenvalue weighted by Crippen LogP contribution is -2.45. The number of aryl methyl sites for hydroxylation is 1. The minimum Gasteiger partial charge on any atom is -0.493 e. The summed E-state index contributed by atoms with van der Waals surface area (Å²) in [5, 5.41) is 6.26. The van der Waals surface area contributed by atoms with E-state index in [9.17, 15) is 18.0 Å². The number of amides is 2. The van der Waals surface area contributed by atoms with Crippen LogP contribution in [-0.2, 0) is 19.6 Å². The molecule has 0 bridgehead atoms. The first-order valence-corrected chi connectivity index (χ1v) is 11.8. The molecule has 11 nitrogen and oxygen atoms in total. The van der Waals surface area contributed by atoms with Crippen LogP contribution in [0.4, 0.5) is 5.82 Å². The van der Waals surface area contributed by atoms with Gasteiger partial charge in [0, 0.05) is 38.2 Å². The number of hydrogen-bond donors (Lipinski definition) is 1. The van der Waals surface area contributed by atoms with Crippen LogP contribution in [0.5, 0.6) is 11.5 Å². The molecule has 0 spiro atoms. The van der Waals surface area contributed by atoms with Crippen molar-refractivity contribution in [1.82, 2.24) is 14.4 Å². The number of sulfonamides is 1. The minimum absolute atomic E-state index is 0.0989. The highest BCUT2D eigenvalue weighted by atomic mass is 32.2. The first kappa shape index (κ1) is 24.5. The van der Waals surface area contributed by atoms with Crippen molar-refractivity contribution in [3.8, 4) is 11.5 Å². The average molecular weight is 481 g/mol. The highest BCUT2D eigenvalue weighted by Gasteiger charge is 2.34. The van der Waals surface area contributed by atoms with Gasteiger partial charge in [-0.2, -0.15) is 4.31 Å². The molecule has 12 heteroatoms. The van der Waals surface area contributed by atoms with Gasteiger partial charge in [-0.05, 0) is 31.9 Å². The highest BCUT2D eigenvalue weighted by molar-refractivity contribution is 7.89. The van der Waals surface area contributed by atoms with E-state index in [1.165, 1.54) is 35.6 Å². The second kappa shape index (κ2) is 10.2. The average Bonchev–Trinajstić information content (AvgIpc) is 3.22. The Morgan fingerprint density at radius 2 is 1.85 bits per heavy atom. The first-order chi connectivity index (χ1) is 15.6. The smallest absolute Gasteiger partial charge is 0.245 e. The van der Waals surface area contributed by atoms with Crippen LogP contribution < -0.4 is 14.8 Å². The van der Waals surface area contributed by atoms with Crippen LogP contribution in [0, 0.1) is 12.8 Å². The van der Waals surface area contributed by atoms with Gasteiger partial charge in [0.05, 0.1) is 25.7 Å². The molecule has 0 saturated carbocycles. The van der Waals surface area contributed by atoms with Gasteiger partial charge in [0.1, 0.15) is 5.76 Å². The number of methoxy groups -OCH3 is 2. The molecular weight excluding hydrogens is 452 g/mol. The van der Waals surface area contributed by atoms with E-state index in [1.807, 2.05) is 0 Å². The number of carbonyl (C=O) groups is 2. The number of benzene rings is 1. The van der Waals surface area contributed by atoms with Crippen molar-refractivity contribution in [2.75, 3.05) is 46.2 Å².